The van der Waals surface area contributed by atoms with E-state index in [0.29, 0.717) is 24.4 Å². The van der Waals surface area contributed by atoms with Gasteiger partial charge in [0.05, 0.1) is 12.2 Å². The highest BCUT2D eigenvalue weighted by Crippen LogP contribution is 2.36. The summed E-state index contributed by atoms with van der Waals surface area (Å²) < 4.78 is 6.05. The average molecular weight is 593 g/mol. The third-order valence-electron chi connectivity index (χ3n) is 9.16. The molecule has 0 bridgehead atoms. The molecule has 3 aromatic carbocycles. The fourth-order valence-electron chi connectivity index (χ4n) is 6.70. The number of hydrogen-bond donors (Lipinski definition) is 1. The van der Waals surface area contributed by atoms with Crippen LogP contribution in [0.2, 0.25) is 0 Å². The minimum atomic E-state index is -0.192. The van der Waals surface area contributed by atoms with Crippen molar-refractivity contribution in [3.63, 3.8) is 0 Å². The van der Waals surface area contributed by atoms with Gasteiger partial charge >= 0.3 is 0 Å². The maximum atomic E-state index is 13.6. The Morgan fingerprint density at radius 1 is 0.932 bits per heavy atom. The summed E-state index contributed by atoms with van der Waals surface area (Å²) in [6.45, 7) is 8.78. The van der Waals surface area contributed by atoms with Gasteiger partial charge in [-0.3, -0.25) is 19.4 Å². The highest BCUT2D eigenvalue weighted by atomic mass is 16.5. The Kier molecular flexibility index (Phi) is 9.73. The van der Waals surface area contributed by atoms with Crippen molar-refractivity contribution in [3.8, 4) is 5.75 Å². The van der Waals surface area contributed by atoms with E-state index in [2.05, 4.69) is 21.2 Å². The molecule has 2 fully saturated rings. The maximum absolute atomic E-state index is 13.6. The molecular formula is C37H44N4O3. The molecule has 6 rings (SSSR count). The minimum Gasteiger partial charge on any atom is -0.449 e. The molecule has 7 nitrogen and oxygen atoms in total. The predicted octanol–water partition coefficient (Wildman–Crippen LogP) is 6.03. The Balaban J connectivity index is 1.00. The van der Waals surface area contributed by atoms with E-state index in [1.807, 2.05) is 61.5 Å². The number of benzene rings is 3. The zero-order valence-corrected chi connectivity index (χ0v) is 25.8. The number of nitrogens with one attached hydrogen (secondary N) is 1. The summed E-state index contributed by atoms with van der Waals surface area (Å²) in [5.74, 6) is 0.637. The Morgan fingerprint density at radius 2 is 1.70 bits per heavy atom. The summed E-state index contributed by atoms with van der Waals surface area (Å²) in [4.78, 5) is 33.4. The van der Waals surface area contributed by atoms with Gasteiger partial charge in [0.1, 0.15) is 0 Å². The second-order valence-corrected chi connectivity index (χ2v) is 12.4. The fraction of sp³-hybridized carbons (Fsp3) is 0.405. The quantitative estimate of drug-likeness (QED) is 0.243. The maximum Gasteiger partial charge on any atom is 0.294 e. The van der Waals surface area contributed by atoms with Crippen LogP contribution in [0.3, 0.4) is 0 Å². The number of nitrogens with zero attached hydrogens (tertiary/aromatic N) is 3. The van der Waals surface area contributed by atoms with Crippen molar-refractivity contribution in [3.05, 3.63) is 101 Å². The molecule has 0 unspecified atom stereocenters. The van der Waals surface area contributed by atoms with Gasteiger partial charge in [0.2, 0.25) is 0 Å². The van der Waals surface area contributed by atoms with Crippen LogP contribution >= 0.6 is 0 Å². The van der Waals surface area contributed by atoms with Gasteiger partial charge in [0.25, 0.3) is 11.8 Å². The Morgan fingerprint density at radius 3 is 2.48 bits per heavy atom. The molecule has 3 aromatic rings. The molecule has 2 aliphatic heterocycles. The third-order valence-corrected chi connectivity index (χ3v) is 9.16. The van der Waals surface area contributed by atoms with Gasteiger partial charge in [0, 0.05) is 44.3 Å². The largest absolute Gasteiger partial charge is 0.449 e. The number of hydrogen-bond acceptors (Lipinski definition) is 5. The van der Waals surface area contributed by atoms with Crippen LogP contribution in [0.25, 0.3) is 6.08 Å². The smallest absolute Gasteiger partial charge is 0.294 e. The van der Waals surface area contributed by atoms with E-state index in [0.717, 1.165) is 54.5 Å². The van der Waals surface area contributed by atoms with E-state index in [1.54, 1.807) is 23.1 Å². The van der Waals surface area contributed by atoms with Gasteiger partial charge in [-0.1, -0.05) is 73.4 Å². The summed E-state index contributed by atoms with van der Waals surface area (Å²) in [6, 6.07) is 23.9. The topological polar surface area (TPSA) is 65.1 Å². The van der Waals surface area contributed by atoms with Crippen LogP contribution in [0.1, 0.15) is 65.6 Å². The van der Waals surface area contributed by atoms with Crippen molar-refractivity contribution in [2.45, 2.75) is 58.0 Å². The average Bonchev–Trinajstić information content (AvgIpc) is 3.06. The number of piperazine rings is 1. The summed E-state index contributed by atoms with van der Waals surface area (Å²) in [7, 11) is 0. The lowest BCUT2D eigenvalue weighted by molar-refractivity contribution is -0.117. The highest BCUT2D eigenvalue weighted by molar-refractivity contribution is 6.09. The molecule has 44 heavy (non-hydrogen) atoms. The van der Waals surface area contributed by atoms with E-state index in [4.69, 9.17) is 4.74 Å². The van der Waals surface area contributed by atoms with Gasteiger partial charge in [-0.2, -0.15) is 0 Å². The third kappa shape index (κ3) is 7.40. The van der Waals surface area contributed by atoms with Gasteiger partial charge in [-0.05, 0) is 74.2 Å². The molecule has 0 aromatic heterocycles. The standard InChI is InChI=1S/C37H44N4O3/c1-28-9-7-10-30(25-28)27-41-33-13-5-6-14-34(33)44-35(37(41)43)26-29-15-17-31(18-16-29)36(42)38-19-8-20-39-21-23-40(24-22-39)32-11-3-2-4-12-32/h5-7,9-10,13-18,25-26,32H,2-4,8,11-12,19-24,27H2,1H3,(H,38,42). The second-order valence-electron chi connectivity index (χ2n) is 12.4. The van der Waals surface area contributed by atoms with E-state index < -0.39 is 0 Å². The van der Waals surface area contributed by atoms with Crippen molar-refractivity contribution < 1.29 is 14.3 Å². The number of amides is 2. The molecule has 3 aliphatic rings. The molecular weight excluding hydrogens is 548 g/mol. The molecule has 0 radical (unpaired) electrons. The first-order valence-corrected chi connectivity index (χ1v) is 16.2. The van der Waals surface area contributed by atoms with Crippen molar-refractivity contribution >= 4 is 23.6 Å². The first-order chi connectivity index (χ1) is 21.5. The van der Waals surface area contributed by atoms with E-state index in [9.17, 15) is 9.59 Å². The number of aryl methyl sites for hydroxylation is 1. The van der Waals surface area contributed by atoms with Crippen molar-refractivity contribution in [1.82, 2.24) is 15.1 Å². The second kappa shape index (κ2) is 14.2. The Bertz CT molecular complexity index is 1470. The fourth-order valence-corrected chi connectivity index (χ4v) is 6.70. The number of carbonyl (C=O) groups is 2. The lowest BCUT2D eigenvalue weighted by atomic mass is 9.94. The van der Waals surface area contributed by atoms with Crippen molar-refractivity contribution in [2.24, 2.45) is 0 Å². The van der Waals surface area contributed by atoms with Gasteiger partial charge in [-0.15, -0.1) is 0 Å². The summed E-state index contributed by atoms with van der Waals surface area (Å²) in [5.41, 5.74) is 4.37. The van der Waals surface area contributed by atoms with Crippen LogP contribution in [0.15, 0.2) is 78.6 Å². The molecule has 1 saturated heterocycles. The monoisotopic (exact) mass is 592 g/mol. The van der Waals surface area contributed by atoms with Crippen LogP contribution in [0.4, 0.5) is 5.69 Å². The van der Waals surface area contributed by atoms with Gasteiger partial charge in [0.15, 0.2) is 11.5 Å². The number of ether oxygens (including phenoxy) is 1. The van der Waals surface area contributed by atoms with Crippen LogP contribution in [-0.2, 0) is 11.3 Å². The Labute approximate surface area is 261 Å². The molecule has 1 aliphatic carbocycles. The number of carbonyl (C=O) groups excluding carboxylic acids is 2. The molecule has 2 amide bonds. The van der Waals surface area contributed by atoms with Gasteiger partial charge in [-0.25, -0.2) is 0 Å². The summed E-state index contributed by atoms with van der Waals surface area (Å²) in [6.07, 6.45) is 9.63. The van der Waals surface area contributed by atoms with E-state index in [-0.39, 0.29) is 17.6 Å². The molecule has 0 atom stereocenters. The molecule has 230 valence electrons. The van der Waals surface area contributed by atoms with Crippen molar-refractivity contribution in [1.29, 1.82) is 0 Å². The number of anilines is 1. The van der Waals surface area contributed by atoms with Crippen LogP contribution in [-0.4, -0.2) is 66.9 Å². The first kappa shape index (κ1) is 30.1. The van der Waals surface area contributed by atoms with Crippen molar-refractivity contribution in [2.75, 3.05) is 44.2 Å². The van der Waals surface area contributed by atoms with Gasteiger partial charge < -0.3 is 15.0 Å². The molecule has 7 heteroatoms. The zero-order chi connectivity index (χ0) is 30.3. The highest BCUT2D eigenvalue weighted by Gasteiger charge is 2.30. The van der Waals surface area contributed by atoms with Crippen LogP contribution in [0, 0.1) is 6.92 Å². The summed E-state index contributed by atoms with van der Waals surface area (Å²) >= 11 is 0. The van der Waals surface area contributed by atoms with Crippen LogP contribution in [0.5, 0.6) is 5.75 Å². The molecule has 1 saturated carbocycles. The minimum absolute atomic E-state index is 0.0745. The molecule has 0 spiro atoms. The van der Waals surface area contributed by atoms with E-state index >= 15 is 0 Å². The lowest BCUT2D eigenvalue weighted by Gasteiger charge is -2.40. The first-order valence-electron chi connectivity index (χ1n) is 16.2. The lowest BCUT2D eigenvalue weighted by Crippen LogP contribution is -2.51. The molecule has 1 N–H and O–H groups in total. The van der Waals surface area contributed by atoms with E-state index in [1.165, 1.54) is 45.2 Å². The SMILES string of the molecule is Cc1cccc(CN2C(=O)C(=Cc3ccc(C(=O)NCCCN4CCN(C5CCCCC5)CC4)cc3)Oc3ccccc32)c1. The zero-order valence-electron chi connectivity index (χ0n) is 25.8. The number of fused-ring (bicyclic) bond motifs is 1. The molecule has 2 heterocycles. The predicted molar refractivity (Wildman–Crippen MR) is 176 cm³/mol. The number of rotatable bonds is 9. The summed E-state index contributed by atoms with van der Waals surface area (Å²) in [5, 5.41) is 3.07. The Hall–Kier alpha value is -3.94. The van der Waals surface area contributed by atoms with Crippen LogP contribution < -0.4 is 15.0 Å². The normalized spacial score (nSPS) is 19.1. The number of para-hydroxylation sites is 2.